The summed E-state index contributed by atoms with van der Waals surface area (Å²) in [5, 5.41) is 2.01. The van der Waals surface area contributed by atoms with Gasteiger partial charge in [-0.3, -0.25) is 20.0 Å². The molecule has 8 nitrogen and oxygen atoms in total. The van der Waals surface area contributed by atoms with Crippen LogP contribution in [0.1, 0.15) is 30.2 Å². The van der Waals surface area contributed by atoms with Gasteiger partial charge in [0.15, 0.2) is 11.5 Å². The molecule has 2 aromatic carbocycles. The standard InChI is InChI=1S/C23H22ClN5O3/c1-14-2-5-17(6-3-14)29-20(30)13-25-21(27-29)23(31)28-10-8-15(9-11-28)22-26-18-12-16(24)4-7-19(18)32-22/h2-7,12,15H,8-11,13H2,1H3,(H,25,27). The van der Waals surface area contributed by atoms with E-state index in [1.54, 1.807) is 17.0 Å². The van der Waals surface area contributed by atoms with Crippen molar-refractivity contribution in [2.24, 2.45) is 4.99 Å². The predicted molar refractivity (Wildman–Crippen MR) is 122 cm³/mol. The Morgan fingerprint density at radius 3 is 2.66 bits per heavy atom. The number of aromatic nitrogens is 1. The van der Waals surface area contributed by atoms with E-state index in [9.17, 15) is 9.59 Å². The fraction of sp³-hybridized carbons (Fsp3) is 0.304. The number of amidine groups is 1. The number of likely N-dealkylation sites (tertiary alicyclic amines) is 1. The van der Waals surface area contributed by atoms with Crippen molar-refractivity contribution in [2.75, 3.05) is 24.6 Å². The summed E-state index contributed by atoms with van der Waals surface area (Å²) < 4.78 is 5.90. The first-order chi connectivity index (χ1) is 15.5. The molecule has 0 atom stereocenters. The van der Waals surface area contributed by atoms with E-state index in [0.717, 1.165) is 23.9 Å². The Balaban J connectivity index is 1.24. The summed E-state index contributed by atoms with van der Waals surface area (Å²) in [6, 6.07) is 12.9. The van der Waals surface area contributed by atoms with Gasteiger partial charge in [0.1, 0.15) is 12.1 Å². The maximum absolute atomic E-state index is 13.1. The summed E-state index contributed by atoms with van der Waals surface area (Å²) >= 11 is 6.04. The molecule has 0 spiro atoms. The van der Waals surface area contributed by atoms with Gasteiger partial charge in [-0.2, -0.15) is 0 Å². The van der Waals surface area contributed by atoms with Crippen molar-refractivity contribution in [1.82, 2.24) is 15.3 Å². The van der Waals surface area contributed by atoms with Crippen molar-refractivity contribution >= 4 is 46.0 Å². The number of anilines is 1. The average molecular weight is 452 g/mol. The molecular weight excluding hydrogens is 430 g/mol. The number of hydrogen-bond donors (Lipinski definition) is 1. The topological polar surface area (TPSA) is 91.0 Å². The maximum Gasteiger partial charge on any atom is 0.290 e. The van der Waals surface area contributed by atoms with Gasteiger partial charge in [0.25, 0.3) is 11.8 Å². The van der Waals surface area contributed by atoms with E-state index in [1.807, 2.05) is 37.3 Å². The molecule has 0 unspecified atom stereocenters. The molecule has 1 fully saturated rings. The molecule has 2 amide bonds. The van der Waals surface area contributed by atoms with Crippen LogP contribution in [0.15, 0.2) is 51.9 Å². The van der Waals surface area contributed by atoms with Gasteiger partial charge in [-0.15, -0.1) is 0 Å². The minimum Gasteiger partial charge on any atom is -0.440 e. The summed E-state index contributed by atoms with van der Waals surface area (Å²) in [5.41, 5.74) is 6.12. The summed E-state index contributed by atoms with van der Waals surface area (Å²) in [6.45, 7) is 3.03. The molecule has 1 saturated heterocycles. The lowest BCUT2D eigenvalue weighted by Gasteiger charge is -2.33. The van der Waals surface area contributed by atoms with E-state index >= 15 is 0 Å². The van der Waals surface area contributed by atoms with Crippen LogP contribution in [-0.4, -0.2) is 47.2 Å². The predicted octanol–water partition coefficient (Wildman–Crippen LogP) is 3.45. The molecular formula is C23H22ClN5O3. The van der Waals surface area contributed by atoms with Gasteiger partial charge >= 0.3 is 0 Å². The number of piperidine rings is 1. The molecule has 0 saturated carbocycles. The van der Waals surface area contributed by atoms with Gasteiger partial charge in [-0.1, -0.05) is 29.3 Å². The van der Waals surface area contributed by atoms with Crippen LogP contribution in [0.3, 0.4) is 0 Å². The van der Waals surface area contributed by atoms with E-state index in [2.05, 4.69) is 15.4 Å². The molecule has 9 heteroatoms. The number of aliphatic imine (C=N–C) groups is 1. The molecule has 2 aliphatic heterocycles. The molecule has 2 aliphatic rings. The number of hydrogen-bond acceptors (Lipinski definition) is 6. The van der Waals surface area contributed by atoms with Crippen molar-refractivity contribution in [2.45, 2.75) is 25.7 Å². The lowest BCUT2D eigenvalue weighted by atomic mass is 9.96. The Morgan fingerprint density at radius 1 is 1.16 bits per heavy atom. The molecule has 5 rings (SSSR count). The average Bonchev–Trinajstić information content (AvgIpc) is 3.23. The Labute approximate surface area is 189 Å². The number of aryl methyl sites for hydroxylation is 1. The Kier molecular flexibility index (Phi) is 5.30. The summed E-state index contributed by atoms with van der Waals surface area (Å²) in [6.07, 6.45) is 1.47. The minimum atomic E-state index is -0.211. The normalized spacial score (nSPS) is 17.4. The minimum absolute atomic E-state index is 0.0656. The highest BCUT2D eigenvalue weighted by molar-refractivity contribution is 6.39. The molecule has 3 heterocycles. The van der Waals surface area contributed by atoms with Gasteiger partial charge in [0, 0.05) is 24.0 Å². The van der Waals surface area contributed by atoms with Gasteiger partial charge in [0.05, 0.1) is 5.69 Å². The van der Waals surface area contributed by atoms with Crippen LogP contribution in [-0.2, 0) is 9.59 Å². The second-order valence-corrected chi connectivity index (χ2v) is 8.51. The lowest BCUT2D eigenvalue weighted by molar-refractivity contribution is -0.125. The maximum atomic E-state index is 13.1. The third kappa shape index (κ3) is 3.93. The molecule has 1 N–H and O–H groups in total. The third-order valence-electron chi connectivity index (χ3n) is 5.83. The monoisotopic (exact) mass is 451 g/mol. The van der Waals surface area contributed by atoms with Crippen molar-refractivity contribution in [3.05, 3.63) is 58.9 Å². The summed E-state index contributed by atoms with van der Waals surface area (Å²) in [4.78, 5) is 35.9. The smallest absolute Gasteiger partial charge is 0.290 e. The van der Waals surface area contributed by atoms with E-state index < -0.39 is 0 Å². The molecule has 0 aliphatic carbocycles. The number of benzene rings is 2. The molecule has 32 heavy (non-hydrogen) atoms. The Bertz CT molecular complexity index is 1210. The van der Waals surface area contributed by atoms with Crippen LogP contribution >= 0.6 is 11.6 Å². The van der Waals surface area contributed by atoms with Crippen LogP contribution < -0.4 is 10.4 Å². The fourth-order valence-electron chi connectivity index (χ4n) is 4.01. The van der Waals surface area contributed by atoms with Gasteiger partial charge < -0.3 is 9.32 Å². The molecule has 0 bridgehead atoms. The number of fused-ring (bicyclic) bond motifs is 1. The van der Waals surface area contributed by atoms with Gasteiger partial charge in [0.2, 0.25) is 5.84 Å². The van der Waals surface area contributed by atoms with Crippen molar-refractivity contribution in [3.63, 3.8) is 0 Å². The number of nitrogens with zero attached hydrogens (tertiary/aromatic N) is 4. The SMILES string of the molecule is Cc1ccc(N2NC(C(=O)N3CCC(c4nc5cc(Cl)ccc5o4)CC3)=NCC2=O)cc1. The van der Waals surface area contributed by atoms with Gasteiger partial charge in [-0.05, 0) is 50.1 Å². The zero-order valence-corrected chi connectivity index (χ0v) is 18.3. The van der Waals surface area contributed by atoms with Crippen LogP contribution in [0.25, 0.3) is 11.1 Å². The number of oxazole rings is 1. The van der Waals surface area contributed by atoms with Crippen molar-refractivity contribution < 1.29 is 14.0 Å². The van der Waals surface area contributed by atoms with E-state index in [-0.39, 0.29) is 30.1 Å². The fourth-order valence-corrected chi connectivity index (χ4v) is 4.18. The van der Waals surface area contributed by atoms with E-state index in [0.29, 0.717) is 35.3 Å². The van der Waals surface area contributed by atoms with Crippen molar-refractivity contribution in [1.29, 1.82) is 0 Å². The zero-order chi connectivity index (χ0) is 22.2. The van der Waals surface area contributed by atoms with E-state index in [4.69, 9.17) is 16.0 Å². The zero-order valence-electron chi connectivity index (χ0n) is 17.5. The summed E-state index contributed by atoms with van der Waals surface area (Å²) in [7, 11) is 0. The number of halogens is 1. The molecule has 0 radical (unpaired) electrons. The first-order valence-corrected chi connectivity index (χ1v) is 10.9. The van der Waals surface area contributed by atoms with Crippen LogP contribution in [0.4, 0.5) is 5.69 Å². The van der Waals surface area contributed by atoms with Gasteiger partial charge in [-0.25, -0.2) is 9.99 Å². The van der Waals surface area contributed by atoms with Crippen LogP contribution in [0, 0.1) is 6.92 Å². The molecule has 164 valence electrons. The number of hydrazine groups is 1. The number of carbonyl (C=O) groups excluding carboxylic acids is 2. The van der Waals surface area contributed by atoms with Crippen LogP contribution in [0.5, 0.6) is 0 Å². The number of rotatable bonds is 3. The summed E-state index contributed by atoms with van der Waals surface area (Å²) in [5.74, 6) is 0.577. The second-order valence-electron chi connectivity index (χ2n) is 8.07. The highest BCUT2D eigenvalue weighted by Gasteiger charge is 2.32. The third-order valence-corrected chi connectivity index (χ3v) is 6.07. The van der Waals surface area contributed by atoms with Crippen LogP contribution in [0.2, 0.25) is 5.02 Å². The van der Waals surface area contributed by atoms with Crippen molar-refractivity contribution in [3.8, 4) is 0 Å². The lowest BCUT2D eigenvalue weighted by Crippen LogP contribution is -2.57. The number of carbonyl (C=O) groups is 2. The Morgan fingerprint density at radius 2 is 1.91 bits per heavy atom. The number of amides is 2. The second kappa shape index (κ2) is 8.27. The first-order valence-electron chi connectivity index (χ1n) is 10.5. The first kappa shape index (κ1) is 20.5. The highest BCUT2D eigenvalue weighted by Crippen LogP contribution is 2.31. The Hall–Kier alpha value is -3.39. The number of nitrogens with one attached hydrogen (secondary N) is 1. The van der Waals surface area contributed by atoms with E-state index in [1.165, 1.54) is 5.01 Å². The quantitative estimate of drug-likeness (QED) is 0.658. The highest BCUT2D eigenvalue weighted by atomic mass is 35.5. The largest absolute Gasteiger partial charge is 0.440 e. The molecule has 3 aromatic rings. The molecule has 1 aromatic heterocycles.